The molecule has 0 saturated heterocycles. The van der Waals surface area contributed by atoms with E-state index >= 15 is 0 Å². The molecule has 0 spiro atoms. The number of carbonyl (C=O) groups excluding carboxylic acids is 1. The third-order valence-corrected chi connectivity index (χ3v) is 7.87. The van der Waals surface area contributed by atoms with Gasteiger partial charge in [-0.2, -0.15) is 0 Å². The molecule has 23 heavy (non-hydrogen) atoms. The SMILES string of the molecule is C[C@]12CC[C@H](O)CC1=CC[C@@H]1[C@@H]2CC[C@]2(C)C(=O)/C(=C\O)C[C@@H]12. The summed E-state index contributed by atoms with van der Waals surface area (Å²) in [6.45, 7) is 4.52. The minimum Gasteiger partial charge on any atom is -0.515 e. The smallest absolute Gasteiger partial charge is 0.168 e. The summed E-state index contributed by atoms with van der Waals surface area (Å²) in [7, 11) is 0. The second kappa shape index (κ2) is 4.95. The van der Waals surface area contributed by atoms with Gasteiger partial charge in [-0.25, -0.2) is 0 Å². The molecule has 3 saturated carbocycles. The van der Waals surface area contributed by atoms with E-state index in [1.165, 1.54) is 5.57 Å². The summed E-state index contributed by atoms with van der Waals surface area (Å²) in [6, 6.07) is 0. The zero-order chi connectivity index (χ0) is 16.4. The minimum absolute atomic E-state index is 0.170. The zero-order valence-electron chi connectivity index (χ0n) is 14.2. The molecular weight excluding hydrogens is 288 g/mol. The number of hydrogen-bond donors (Lipinski definition) is 2. The van der Waals surface area contributed by atoms with Gasteiger partial charge in [0.1, 0.15) is 0 Å². The molecule has 4 aliphatic carbocycles. The molecule has 3 fully saturated rings. The number of ketones is 1. The fourth-order valence-electron chi connectivity index (χ4n) is 6.43. The summed E-state index contributed by atoms with van der Waals surface area (Å²) in [5, 5.41) is 19.5. The van der Waals surface area contributed by atoms with E-state index in [0.717, 1.165) is 51.2 Å². The van der Waals surface area contributed by atoms with Crippen LogP contribution in [0, 0.1) is 28.6 Å². The van der Waals surface area contributed by atoms with Crippen LogP contribution >= 0.6 is 0 Å². The number of carbonyl (C=O) groups is 1. The first-order chi connectivity index (χ1) is 10.9. The Morgan fingerprint density at radius 3 is 2.61 bits per heavy atom. The van der Waals surface area contributed by atoms with Gasteiger partial charge in [0.2, 0.25) is 0 Å². The molecule has 0 amide bonds. The number of hydrogen-bond acceptors (Lipinski definition) is 3. The van der Waals surface area contributed by atoms with Gasteiger partial charge in [0.05, 0.1) is 12.4 Å². The van der Waals surface area contributed by atoms with Crippen LogP contribution in [0.2, 0.25) is 0 Å². The maximum absolute atomic E-state index is 12.7. The van der Waals surface area contributed by atoms with E-state index in [0.29, 0.717) is 23.3 Å². The Labute approximate surface area is 138 Å². The lowest BCUT2D eigenvalue weighted by atomic mass is 9.48. The third kappa shape index (κ3) is 1.95. The van der Waals surface area contributed by atoms with Gasteiger partial charge >= 0.3 is 0 Å². The van der Waals surface area contributed by atoms with Gasteiger partial charge in [-0.15, -0.1) is 0 Å². The highest BCUT2D eigenvalue weighted by Crippen LogP contribution is 2.64. The van der Waals surface area contributed by atoms with Gasteiger partial charge < -0.3 is 10.2 Å². The zero-order valence-corrected chi connectivity index (χ0v) is 14.2. The Balaban J connectivity index is 1.71. The molecule has 6 atom stereocenters. The van der Waals surface area contributed by atoms with Crippen molar-refractivity contribution in [2.45, 2.75) is 64.9 Å². The summed E-state index contributed by atoms with van der Waals surface area (Å²) in [6.07, 6.45) is 9.90. The van der Waals surface area contributed by atoms with Crippen molar-refractivity contribution in [3.8, 4) is 0 Å². The predicted octanol–water partition coefficient (Wildman–Crippen LogP) is 3.93. The fraction of sp³-hybridized carbons (Fsp3) is 0.750. The van der Waals surface area contributed by atoms with Gasteiger partial charge in [-0.05, 0) is 68.1 Å². The summed E-state index contributed by atoms with van der Waals surface area (Å²) in [5.74, 6) is 1.72. The molecule has 0 heterocycles. The lowest BCUT2D eigenvalue weighted by Crippen LogP contribution is -2.50. The topological polar surface area (TPSA) is 57.5 Å². The number of aliphatic hydroxyl groups is 2. The van der Waals surface area contributed by atoms with Gasteiger partial charge in [-0.1, -0.05) is 25.5 Å². The van der Waals surface area contributed by atoms with Crippen LogP contribution in [0.4, 0.5) is 0 Å². The van der Waals surface area contributed by atoms with Crippen LogP contribution in [0.3, 0.4) is 0 Å². The van der Waals surface area contributed by atoms with Crippen LogP contribution in [0.5, 0.6) is 0 Å². The van der Waals surface area contributed by atoms with E-state index in [-0.39, 0.29) is 22.7 Å². The van der Waals surface area contributed by atoms with E-state index in [1.54, 1.807) is 0 Å². The third-order valence-electron chi connectivity index (χ3n) is 7.87. The van der Waals surface area contributed by atoms with E-state index < -0.39 is 0 Å². The molecule has 0 unspecified atom stereocenters. The molecule has 0 bridgehead atoms. The fourth-order valence-corrected chi connectivity index (χ4v) is 6.43. The molecule has 0 aromatic carbocycles. The van der Waals surface area contributed by atoms with E-state index in [1.807, 2.05) is 0 Å². The van der Waals surface area contributed by atoms with Gasteiger partial charge in [0.25, 0.3) is 0 Å². The maximum Gasteiger partial charge on any atom is 0.168 e. The number of aliphatic hydroxyl groups excluding tert-OH is 2. The largest absolute Gasteiger partial charge is 0.515 e. The van der Waals surface area contributed by atoms with Crippen LogP contribution in [-0.2, 0) is 4.79 Å². The molecule has 3 heteroatoms. The van der Waals surface area contributed by atoms with Crippen molar-refractivity contribution >= 4 is 5.78 Å². The van der Waals surface area contributed by atoms with Crippen LogP contribution < -0.4 is 0 Å². The average molecular weight is 316 g/mol. The minimum atomic E-state index is -0.272. The highest BCUT2D eigenvalue weighted by Gasteiger charge is 2.59. The van der Waals surface area contributed by atoms with E-state index in [2.05, 4.69) is 19.9 Å². The predicted molar refractivity (Wildman–Crippen MR) is 88.8 cm³/mol. The second-order valence-corrected chi connectivity index (χ2v) is 8.80. The lowest BCUT2D eigenvalue weighted by Gasteiger charge is -2.56. The molecule has 126 valence electrons. The maximum atomic E-state index is 12.7. The summed E-state index contributed by atoms with van der Waals surface area (Å²) >= 11 is 0. The van der Waals surface area contributed by atoms with Crippen molar-refractivity contribution < 1.29 is 15.0 Å². The average Bonchev–Trinajstić information content (AvgIpc) is 2.79. The summed E-state index contributed by atoms with van der Waals surface area (Å²) in [5.41, 5.74) is 2.03. The van der Waals surface area contributed by atoms with Crippen molar-refractivity contribution in [2.75, 3.05) is 0 Å². The monoisotopic (exact) mass is 316 g/mol. The Bertz CT molecular complexity index is 604. The van der Waals surface area contributed by atoms with E-state index in [4.69, 9.17) is 0 Å². The van der Waals surface area contributed by atoms with Crippen molar-refractivity contribution in [3.05, 3.63) is 23.5 Å². The standard InChI is InChI=1S/C20H28O3/c1-19-7-5-14(22)10-13(19)3-4-15-16(19)6-8-20(2)17(15)9-12(11-21)18(20)23/h3,11,14-17,21-22H,4-10H2,1-2H3/b12-11-/t14-,15+,16-,17-,19-,20-/m0/s1. The molecule has 0 radical (unpaired) electrons. The molecule has 0 aromatic heterocycles. The molecule has 3 nitrogen and oxygen atoms in total. The molecule has 4 aliphatic rings. The first-order valence-corrected chi connectivity index (χ1v) is 9.16. The Morgan fingerprint density at radius 2 is 1.87 bits per heavy atom. The van der Waals surface area contributed by atoms with Crippen molar-refractivity contribution in [1.29, 1.82) is 0 Å². The number of allylic oxidation sites excluding steroid dienone is 2. The molecule has 4 rings (SSSR count). The highest BCUT2D eigenvalue weighted by atomic mass is 16.3. The second-order valence-electron chi connectivity index (χ2n) is 8.80. The summed E-state index contributed by atoms with van der Waals surface area (Å²) in [4.78, 5) is 12.7. The van der Waals surface area contributed by atoms with Gasteiger partial charge in [-0.3, -0.25) is 4.79 Å². The quantitative estimate of drug-likeness (QED) is 0.404. The highest BCUT2D eigenvalue weighted by molar-refractivity contribution is 6.02. The molecule has 0 aromatic rings. The summed E-state index contributed by atoms with van der Waals surface area (Å²) < 4.78 is 0. The van der Waals surface area contributed by atoms with Gasteiger partial charge in [0, 0.05) is 11.0 Å². The number of Topliss-reactive ketones (excluding diaryl/α,β-unsaturated/α-hetero) is 1. The first-order valence-electron chi connectivity index (χ1n) is 9.16. The molecule has 2 N–H and O–H groups in total. The van der Waals surface area contributed by atoms with Gasteiger partial charge in [0.15, 0.2) is 5.78 Å². The van der Waals surface area contributed by atoms with Crippen LogP contribution in [0.1, 0.15) is 58.8 Å². The van der Waals surface area contributed by atoms with Crippen molar-refractivity contribution in [1.82, 2.24) is 0 Å². The molecular formula is C20H28O3. The lowest BCUT2D eigenvalue weighted by molar-refractivity contribution is -0.130. The number of rotatable bonds is 0. The van der Waals surface area contributed by atoms with E-state index in [9.17, 15) is 15.0 Å². The molecule has 0 aliphatic heterocycles. The number of fused-ring (bicyclic) bond motifs is 5. The Morgan fingerprint density at radius 1 is 1.13 bits per heavy atom. The normalized spacial score (nSPS) is 51.0. The Kier molecular flexibility index (Phi) is 3.32. The van der Waals surface area contributed by atoms with Crippen molar-refractivity contribution in [2.24, 2.45) is 28.6 Å². The van der Waals surface area contributed by atoms with Crippen LogP contribution in [0.15, 0.2) is 23.5 Å². The first kappa shape index (κ1) is 15.4. The van der Waals surface area contributed by atoms with Crippen molar-refractivity contribution in [3.63, 3.8) is 0 Å². The van der Waals surface area contributed by atoms with Crippen LogP contribution in [-0.4, -0.2) is 22.1 Å². The Hall–Kier alpha value is -1.09. The van der Waals surface area contributed by atoms with Crippen LogP contribution in [0.25, 0.3) is 0 Å².